The van der Waals surface area contributed by atoms with E-state index in [1.807, 2.05) is 5.32 Å². The molecule has 0 aromatic heterocycles. The maximum atomic E-state index is 13.0. The van der Waals surface area contributed by atoms with Crippen LogP contribution in [0.15, 0.2) is 52.3 Å². The number of carbonyl (C=O) groups is 1. The van der Waals surface area contributed by atoms with Gasteiger partial charge in [-0.05, 0) is 37.3 Å². The summed E-state index contributed by atoms with van der Waals surface area (Å²) in [6.07, 6.45) is -5.22. The van der Waals surface area contributed by atoms with E-state index in [-0.39, 0.29) is 46.3 Å². The molecule has 0 heterocycles. The Labute approximate surface area is 175 Å². The lowest BCUT2D eigenvalue weighted by Gasteiger charge is -2.25. The van der Waals surface area contributed by atoms with E-state index < -0.39 is 27.5 Å². The number of alkyl halides is 3. The fourth-order valence-electron chi connectivity index (χ4n) is 2.30. The molecular weight excluding hydrogens is 449 g/mol. The highest BCUT2D eigenvalue weighted by Crippen LogP contribution is 2.34. The topological polar surface area (TPSA) is 116 Å². The molecule has 0 spiro atoms. The molecule has 0 aliphatic heterocycles. The molecule has 1 atom stereocenters. The Morgan fingerprint density at radius 3 is 2.33 bits per heavy atom. The predicted octanol–water partition coefficient (Wildman–Crippen LogP) is 2.83. The molecule has 164 valence electrons. The van der Waals surface area contributed by atoms with Crippen molar-refractivity contribution in [3.05, 3.63) is 47.5 Å². The van der Waals surface area contributed by atoms with Crippen LogP contribution in [0.3, 0.4) is 0 Å². The van der Waals surface area contributed by atoms with Crippen molar-refractivity contribution in [2.45, 2.75) is 28.5 Å². The van der Waals surface area contributed by atoms with Crippen LogP contribution in [-0.2, 0) is 14.6 Å². The zero-order valence-electron chi connectivity index (χ0n) is 15.5. The van der Waals surface area contributed by atoms with Crippen molar-refractivity contribution >= 4 is 38.7 Å². The van der Waals surface area contributed by atoms with Crippen LogP contribution in [0.5, 0.6) is 0 Å². The first-order valence-corrected chi connectivity index (χ1v) is 10.3. The monoisotopic (exact) mass is 466 g/mol. The highest BCUT2D eigenvalue weighted by Gasteiger charge is 2.55. The van der Waals surface area contributed by atoms with Gasteiger partial charge in [0.15, 0.2) is 0 Å². The molecule has 7 nitrogen and oxygen atoms in total. The molecule has 2 aromatic rings. The van der Waals surface area contributed by atoms with Gasteiger partial charge < -0.3 is 20.8 Å². The minimum atomic E-state index is -5.22. The third kappa shape index (κ3) is 4.86. The Morgan fingerprint density at radius 2 is 1.77 bits per heavy atom. The quantitative estimate of drug-likeness (QED) is 0.498. The van der Waals surface area contributed by atoms with Gasteiger partial charge in [-0.2, -0.15) is 13.2 Å². The summed E-state index contributed by atoms with van der Waals surface area (Å²) in [6, 6.07) is 8.96. The van der Waals surface area contributed by atoms with E-state index in [2.05, 4.69) is 5.32 Å². The number of aliphatic hydroxyl groups excluding tert-OH is 1. The van der Waals surface area contributed by atoms with Gasteiger partial charge in [-0.3, -0.25) is 4.79 Å². The summed E-state index contributed by atoms with van der Waals surface area (Å²) < 4.78 is 64.2. The second-order valence-electron chi connectivity index (χ2n) is 6.32. The molecule has 0 fully saturated rings. The maximum Gasteiger partial charge on any atom is 0.426 e. The molecule has 0 saturated carbocycles. The minimum absolute atomic E-state index is 0.105. The number of aliphatic hydroxyl groups is 2. The number of amides is 1. The maximum absolute atomic E-state index is 13.0. The van der Waals surface area contributed by atoms with Crippen molar-refractivity contribution < 1.29 is 36.6 Å². The van der Waals surface area contributed by atoms with Crippen LogP contribution in [0.1, 0.15) is 6.92 Å². The molecular formula is C18H18ClF3N2O5S. The molecule has 2 aromatic carbocycles. The number of sulfone groups is 1. The fourth-order valence-corrected chi connectivity index (χ4v) is 4.06. The van der Waals surface area contributed by atoms with Gasteiger partial charge in [0.1, 0.15) is 0 Å². The van der Waals surface area contributed by atoms with Crippen LogP contribution in [-0.4, -0.2) is 49.5 Å². The van der Waals surface area contributed by atoms with Crippen molar-refractivity contribution in [3.8, 4) is 0 Å². The molecule has 1 unspecified atom stereocenters. The molecule has 4 N–H and O–H groups in total. The van der Waals surface area contributed by atoms with Crippen LogP contribution in [0.2, 0.25) is 5.02 Å². The Bertz CT molecular complexity index is 1040. The van der Waals surface area contributed by atoms with Gasteiger partial charge in [-0.25, -0.2) is 8.42 Å². The average molecular weight is 467 g/mol. The number of hydrogen-bond acceptors (Lipinski definition) is 6. The SMILES string of the molecule is CC(O)(C(=O)Nc1ccc(S(=O)(=O)c2ccccc2NCCO)cc1Cl)C(F)(F)F. The number of rotatable bonds is 7. The highest BCUT2D eigenvalue weighted by molar-refractivity contribution is 7.91. The number of halogens is 4. The number of anilines is 2. The molecule has 2 rings (SSSR count). The van der Waals surface area contributed by atoms with E-state index in [1.54, 1.807) is 6.07 Å². The van der Waals surface area contributed by atoms with Gasteiger partial charge >= 0.3 is 6.18 Å². The van der Waals surface area contributed by atoms with Crippen molar-refractivity contribution in [1.29, 1.82) is 0 Å². The number of para-hydroxylation sites is 1. The van der Waals surface area contributed by atoms with Gasteiger partial charge in [0.2, 0.25) is 15.4 Å². The largest absolute Gasteiger partial charge is 0.426 e. The molecule has 0 radical (unpaired) electrons. The Balaban J connectivity index is 2.37. The minimum Gasteiger partial charge on any atom is -0.395 e. The fraction of sp³-hybridized carbons (Fsp3) is 0.278. The van der Waals surface area contributed by atoms with Crippen LogP contribution >= 0.6 is 11.6 Å². The second kappa shape index (κ2) is 8.80. The number of carbonyl (C=O) groups excluding carboxylic acids is 1. The van der Waals surface area contributed by atoms with Crippen LogP contribution < -0.4 is 10.6 Å². The van der Waals surface area contributed by atoms with Crippen molar-refractivity contribution in [2.24, 2.45) is 0 Å². The third-order valence-corrected chi connectivity index (χ3v) is 6.22. The Hall–Kier alpha value is -2.34. The third-order valence-electron chi connectivity index (χ3n) is 4.10. The summed E-state index contributed by atoms with van der Waals surface area (Å²) in [5, 5.41) is 22.6. The summed E-state index contributed by atoms with van der Waals surface area (Å²) >= 11 is 5.96. The summed E-state index contributed by atoms with van der Waals surface area (Å²) in [4.78, 5) is 11.4. The van der Waals surface area contributed by atoms with Crippen molar-refractivity contribution in [2.75, 3.05) is 23.8 Å². The lowest BCUT2D eigenvalue weighted by atomic mass is 10.1. The molecule has 30 heavy (non-hydrogen) atoms. The van der Waals surface area contributed by atoms with E-state index in [9.17, 15) is 31.5 Å². The normalized spacial score (nSPS) is 14.1. The zero-order chi connectivity index (χ0) is 22.7. The van der Waals surface area contributed by atoms with Gasteiger partial charge in [-0.15, -0.1) is 0 Å². The molecule has 12 heteroatoms. The summed E-state index contributed by atoms with van der Waals surface area (Å²) in [5.41, 5.74) is -3.74. The van der Waals surface area contributed by atoms with Crippen LogP contribution in [0.25, 0.3) is 0 Å². The Morgan fingerprint density at radius 1 is 1.13 bits per heavy atom. The van der Waals surface area contributed by atoms with Crippen LogP contribution in [0.4, 0.5) is 24.5 Å². The van der Waals surface area contributed by atoms with E-state index >= 15 is 0 Å². The summed E-state index contributed by atoms with van der Waals surface area (Å²) in [7, 11) is -4.09. The smallest absolute Gasteiger partial charge is 0.395 e. The number of nitrogens with one attached hydrogen (secondary N) is 2. The first-order valence-electron chi connectivity index (χ1n) is 8.41. The highest BCUT2D eigenvalue weighted by atomic mass is 35.5. The lowest BCUT2D eigenvalue weighted by molar-refractivity contribution is -0.242. The number of benzene rings is 2. The summed E-state index contributed by atoms with van der Waals surface area (Å²) in [5.74, 6) is -1.77. The number of hydrogen-bond donors (Lipinski definition) is 4. The zero-order valence-corrected chi connectivity index (χ0v) is 17.1. The first kappa shape index (κ1) is 23.9. The van der Waals surface area contributed by atoms with Crippen LogP contribution in [0, 0.1) is 0 Å². The van der Waals surface area contributed by atoms with Gasteiger partial charge in [0.05, 0.1) is 32.8 Å². The lowest BCUT2D eigenvalue weighted by Crippen LogP contribution is -2.52. The molecule has 1 amide bonds. The molecule has 0 aliphatic rings. The first-order chi connectivity index (χ1) is 13.8. The van der Waals surface area contributed by atoms with Gasteiger partial charge in [-0.1, -0.05) is 23.7 Å². The second-order valence-corrected chi connectivity index (χ2v) is 8.64. The molecule has 0 bridgehead atoms. The van der Waals surface area contributed by atoms with E-state index in [4.69, 9.17) is 16.7 Å². The van der Waals surface area contributed by atoms with E-state index in [1.165, 1.54) is 18.2 Å². The van der Waals surface area contributed by atoms with Crippen molar-refractivity contribution in [3.63, 3.8) is 0 Å². The van der Waals surface area contributed by atoms with Gasteiger partial charge in [0, 0.05) is 6.54 Å². The van der Waals surface area contributed by atoms with Crippen molar-refractivity contribution in [1.82, 2.24) is 0 Å². The van der Waals surface area contributed by atoms with E-state index in [0.717, 1.165) is 18.2 Å². The molecule has 0 aliphatic carbocycles. The summed E-state index contributed by atoms with van der Waals surface area (Å²) in [6.45, 7) is 0.166. The van der Waals surface area contributed by atoms with E-state index in [0.29, 0.717) is 0 Å². The molecule has 0 saturated heterocycles. The van der Waals surface area contributed by atoms with Gasteiger partial charge in [0.25, 0.3) is 5.91 Å². The Kier molecular flexibility index (Phi) is 7.02. The average Bonchev–Trinajstić information content (AvgIpc) is 2.67. The predicted molar refractivity (Wildman–Crippen MR) is 104 cm³/mol. The standard InChI is InChI=1S/C18H18ClF3N2O5S/c1-17(27,18(20,21)22)16(26)24-13-7-6-11(10-12(13)19)30(28,29)15-5-3-2-4-14(15)23-8-9-25/h2-7,10,23,25,27H,8-9H2,1H3,(H,24,26).